The number of anilines is 1. The lowest BCUT2D eigenvalue weighted by molar-refractivity contribution is -0.142. The Balaban J connectivity index is 1.45. The Morgan fingerprint density at radius 1 is 1.25 bits per heavy atom. The van der Waals surface area contributed by atoms with Crippen molar-refractivity contribution in [3.63, 3.8) is 0 Å². The summed E-state index contributed by atoms with van der Waals surface area (Å²) in [6, 6.07) is 5.91. The van der Waals surface area contributed by atoms with Gasteiger partial charge in [-0.25, -0.2) is 9.78 Å². The molecule has 0 unspecified atom stereocenters. The number of methoxy groups -OCH3 is 1. The van der Waals surface area contributed by atoms with E-state index >= 15 is 0 Å². The van der Waals surface area contributed by atoms with Crippen molar-refractivity contribution >= 4 is 28.9 Å². The van der Waals surface area contributed by atoms with E-state index in [2.05, 4.69) is 14.4 Å². The molecule has 3 fully saturated rings. The normalized spacial score (nSPS) is 27.1. The predicted octanol–water partition coefficient (Wildman–Crippen LogP) is 2.20. The number of esters is 1. The van der Waals surface area contributed by atoms with Gasteiger partial charge >= 0.3 is 5.97 Å². The van der Waals surface area contributed by atoms with E-state index in [4.69, 9.17) is 9.72 Å². The van der Waals surface area contributed by atoms with E-state index in [1.165, 1.54) is 13.5 Å². The van der Waals surface area contributed by atoms with Gasteiger partial charge in [0, 0.05) is 39.1 Å². The molecule has 2 bridgehead atoms. The number of carbonyl (C=O) groups is 2. The first kappa shape index (κ1) is 17.5. The lowest BCUT2D eigenvalue weighted by Gasteiger charge is -2.52. The van der Waals surface area contributed by atoms with Crippen molar-refractivity contribution in [2.45, 2.75) is 31.7 Å². The Morgan fingerprint density at radius 3 is 2.93 bits per heavy atom. The standard InChI is InChI=1S/C21H26N4O3/c1-23-18-7-6-14(20(27)28-2)9-16(18)22-21(23)24-10-13-8-15(12-24)17-4-3-5-19(26)25(17)11-13/h6-7,9,13,15,17H,3-5,8,10-12H2,1-2H3/t13-,15+,17-/m0/s1. The van der Waals surface area contributed by atoms with Crippen LogP contribution in [0.2, 0.25) is 0 Å². The summed E-state index contributed by atoms with van der Waals surface area (Å²) in [6.45, 7) is 2.74. The van der Waals surface area contributed by atoms with Crippen LogP contribution in [-0.4, -0.2) is 59.1 Å². The maximum Gasteiger partial charge on any atom is 0.337 e. The zero-order valence-corrected chi connectivity index (χ0v) is 16.4. The number of fused-ring (bicyclic) bond motifs is 5. The summed E-state index contributed by atoms with van der Waals surface area (Å²) in [5.74, 6) is 1.97. The van der Waals surface area contributed by atoms with Crippen molar-refractivity contribution in [1.29, 1.82) is 0 Å². The molecule has 7 nitrogen and oxygen atoms in total. The van der Waals surface area contributed by atoms with Gasteiger partial charge in [-0.3, -0.25) is 4.79 Å². The molecule has 3 atom stereocenters. The van der Waals surface area contributed by atoms with Crippen molar-refractivity contribution in [1.82, 2.24) is 14.5 Å². The summed E-state index contributed by atoms with van der Waals surface area (Å²) >= 11 is 0. The fourth-order valence-electron chi connectivity index (χ4n) is 5.49. The molecule has 1 amide bonds. The summed E-state index contributed by atoms with van der Waals surface area (Å²) in [7, 11) is 3.42. The number of nitrogens with zero attached hydrogens (tertiary/aromatic N) is 4. The largest absolute Gasteiger partial charge is 0.465 e. The van der Waals surface area contributed by atoms with Crippen LogP contribution in [-0.2, 0) is 16.6 Å². The maximum absolute atomic E-state index is 12.4. The number of imidazole rings is 1. The Hall–Kier alpha value is -2.57. The van der Waals surface area contributed by atoms with E-state index in [-0.39, 0.29) is 5.97 Å². The van der Waals surface area contributed by atoms with E-state index in [1.54, 1.807) is 12.1 Å². The molecule has 7 heteroatoms. The van der Waals surface area contributed by atoms with Crippen molar-refractivity contribution < 1.29 is 14.3 Å². The zero-order chi connectivity index (χ0) is 19.4. The summed E-state index contributed by atoms with van der Waals surface area (Å²) in [4.78, 5) is 33.6. The van der Waals surface area contributed by atoms with E-state index in [0.29, 0.717) is 35.8 Å². The average molecular weight is 382 g/mol. The van der Waals surface area contributed by atoms with Gasteiger partial charge in [0.1, 0.15) is 0 Å². The van der Waals surface area contributed by atoms with Crippen LogP contribution in [0.4, 0.5) is 5.95 Å². The third-order valence-electron chi connectivity index (χ3n) is 6.74. The van der Waals surface area contributed by atoms with Crippen molar-refractivity contribution in [3.8, 4) is 0 Å². The number of piperidine rings is 3. The molecule has 0 aliphatic carbocycles. The van der Waals surface area contributed by atoms with Gasteiger partial charge in [-0.15, -0.1) is 0 Å². The van der Waals surface area contributed by atoms with Crippen LogP contribution in [0.15, 0.2) is 18.2 Å². The first-order valence-electron chi connectivity index (χ1n) is 10.1. The molecule has 0 radical (unpaired) electrons. The van der Waals surface area contributed by atoms with Crippen molar-refractivity contribution in [3.05, 3.63) is 23.8 Å². The molecule has 148 valence electrons. The fraction of sp³-hybridized carbons (Fsp3) is 0.571. The number of carbonyl (C=O) groups excluding carboxylic acids is 2. The molecular weight excluding hydrogens is 356 g/mol. The summed E-state index contributed by atoms with van der Waals surface area (Å²) in [5.41, 5.74) is 2.34. The SMILES string of the molecule is COC(=O)c1ccc2c(c1)nc(N1C[C@@H]3C[C@H](C1)[C@@H]1CCCC(=O)N1C3)n2C. The molecule has 3 saturated heterocycles. The minimum absolute atomic E-state index is 0.344. The first-order valence-corrected chi connectivity index (χ1v) is 10.1. The molecule has 5 rings (SSSR count). The Labute approximate surface area is 164 Å². The number of hydrogen-bond acceptors (Lipinski definition) is 5. The van der Waals surface area contributed by atoms with Crippen LogP contribution in [0, 0.1) is 11.8 Å². The highest BCUT2D eigenvalue weighted by molar-refractivity contribution is 5.94. The van der Waals surface area contributed by atoms with Crippen LogP contribution in [0.1, 0.15) is 36.0 Å². The Morgan fingerprint density at radius 2 is 2.11 bits per heavy atom. The molecule has 3 aliphatic rings. The monoisotopic (exact) mass is 382 g/mol. The molecule has 0 saturated carbocycles. The van der Waals surface area contributed by atoms with Gasteiger partial charge in [0.25, 0.3) is 0 Å². The van der Waals surface area contributed by atoms with Gasteiger partial charge in [0.15, 0.2) is 0 Å². The van der Waals surface area contributed by atoms with Crippen LogP contribution in [0.25, 0.3) is 11.0 Å². The van der Waals surface area contributed by atoms with E-state index < -0.39 is 0 Å². The molecular formula is C21H26N4O3. The minimum atomic E-state index is -0.344. The molecule has 2 aromatic rings. The van der Waals surface area contributed by atoms with E-state index in [1.807, 2.05) is 13.1 Å². The average Bonchev–Trinajstić information content (AvgIpc) is 3.04. The predicted molar refractivity (Wildman–Crippen MR) is 105 cm³/mol. The molecule has 4 heterocycles. The number of ether oxygens (including phenoxy) is 1. The molecule has 1 aromatic heterocycles. The van der Waals surface area contributed by atoms with Gasteiger partial charge < -0.3 is 19.1 Å². The van der Waals surface area contributed by atoms with Gasteiger partial charge in [-0.1, -0.05) is 0 Å². The second kappa shape index (κ2) is 6.50. The first-order chi connectivity index (χ1) is 13.5. The number of aromatic nitrogens is 2. The van der Waals surface area contributed by atoms with Gasteiger partial charge in [0.2, 0.25) is 11.9 Å². The molecule has 0 N–H and O–H groups in total. The second-order valence-corrected chi connectivity index (χ2v) is 8.44. The van der Waals surface area contributed by atoms with Crippen LogP contribution >= 0.6 is 0 Å². The fourth-order valence-corrected chi connectivity index (χ4v) is 5.49. The molecule has 3 aliphatic heterocycles. The zero-order valence-electron chi connectivity index (χ0n) is 16.4. The van der Waals surface area contributed by atoms with E-state index in [0.717, 1.165) is 49.5 Å². The molecule has 28 heavy (non-hydrogen) atoms. The number of amides is 1. The number of rotatable bonds is 2. The quantitative estimate of drug-likeness (QED) is 0.745. The summed E-state index contributed by atoms with van der Waals surface area (Å²) in [6.07, 6.45) is 4.07. The minimum Gasteiger partial charge on any atom is -0.465 e. The lowest BCUT2D eigenvalue weighted by atomic mass is 9.76. The number of aryl methyl sites for hydroxylation is 1. The highest BCUT2D eigenvalue weighted by Crippen LogP contribution is 2.39. The maximum atomic E-state index is 12.4. The second-order valence-electron chi connectivity index (χ2n) is 8.44. The number of benzene rings is 1. The molecule has 0 spiro atoms. The highest BCUT2D eigenvalue weighted by atomic mass is 16.5. The lowest BCUT2D eigenvalue weighted by Crippen LogP contribution is -2.60. The number of hydrogen-bond donors (Lipinski definition) is 0. The topological polar surface area (TPSA) is 67.7 Å². The third-order valence-corrected chi connectivity index (χ3v) is 6.74. The Bertz CT molecular complexity index is 953. The van der Waals surface area contributed by atoms with Crippen LogP contribution in [0.3, 0.4) is 0 Å². The van der Waals surface area contributed by atoms with Crippen molar-refractivity contribution in [2.75, 3.05) is 31.6 Å². The van der Waals surface area contributed by atoms with Gasteiger partial charge in [0.05, 0.1) is 23.7 Å². The van der Waals surface area contributed by atoms with Crippen LogP contribution in [0.5, 0.6) is 0 Å². The van der Waals surface area contributed by atoms with Gasteiger partial charge in [-0.05, 0) is 49.3 Å². The summed E-state index contributed by atoms with van der Waals surface area (Å²) in [5, 5.41) is 0. The van der Waals surface area contributed by atoms with E-state index in [9.17, 15) is 9.59 Å². The van der Waals surface area contributed by atoms with Crippen molar-refractivity contribution in [2.24, 2.45) is 18.9 Å². The smallest absolute Gasteiger partial charge is 0.337 e. The third kappa shape index (κ3) is 2.67. The Kier molecular flexibility index (Phi) is 4.07. The highest BCUT2D eigenvalue weighted by Gasteiger charge is 2.44. The summed E-state index contributed by atoms with van der Waals surface area (Å²) < 4.78 is 6.94. The van der Waals surface area contributed by atoms with Gasteiger partial charge in [-0.2, -0.15) is 0 Å². The van der Waals surface area contributed by atoms with Crippen LogP contribution < -0.4 is 4.90 Å². The molecule has 1 aromatic carbocycles.